The minimum Gasteiger partial charge on any atom is -0.497 e. The molecule has 0 aliphatic heterocycles. The molecule has 1 atom stereocenters. The van der Waals surface area contributed by atoms with E-state index in [1.165, 1.54) is 0 Å². The average Bonchev–Trinajstić information content (AvgIpc) is 2.37. The topological polar surface area (TPSA) is 35.5 Å². The van der Waals surface area contributed by atoms with Gasteiger partial charge in [-0.3, -0.25) is 4.79 Å². The average molecular weight is 232 g/mol. The van der Waals surface area contributed by atoms with Crippen LogP contribution in [0.4, 0.5) is 0 Å². The number of benzene rings is 1. The van der Waals surface area contributed by atoms with Crippen LogP contribution in [0.1, 0.15) is 18.4 Å². The molecule has 0 fully saturated rings. The summed E-state index contributed by atoms with van der Waals surface area (Å²) in [7, 11) is 1.64. The third kappa shape index (κ3) is 3.43. The van der Waals surface area contributed by atoms with Crippen molar-refractivity contribution in [3.8, 4) is 5.75 Å². The van der Waals surface area contributed by atoms with E-state index >= 15 is 0 Å². The van der Waals surface area contributed by atoms with E-state index < -0.39 is 0 Å². The minimum absolute atomic E-state index is 0.0228. The minimum atomic E-state index is 0.0228. The summed E-state index contributed by atoms with van der Waals surface area (Å²) >= 11 is 0. The van der Waals surface area contributed by atoms with Gasteiger partial charge in [0.25, 0.3) is 0 Å². The van der Waals surface area contributed by atoms with Crippen molar-refractivity contribution in [2.24, 2.45) is 0 Å². The second-order valence-corrected chi connectivity index (χ2v) is 4.09. The number of allylic oxidation sites excluding steroid dienone is 1. The lowest BCUT2D eigenvalue weighted by Crippen LogP contribution is -2.19. The van der Waals surface area contributed by atoms with E-state index in [0.29, 0.717) is 13.0 Å². The predicted octanol–water partition coefficient (Wildman–Crippen LogP) is 2.50. The first-order chi connectivity index (χ1) is 8.28. The van der Waals surface area contributed by atoms with Crippen LogP contribution in [0.3, 0.4) is 0 Å². The summed E-state index contributed by atoms with van der Waals surface area (Å²) < 4.78 is 10.8. The van der Waals surface area contributed by atoms with Gasteiger partial charge in [0.1, 0.15) is 5.75 Å². The monoisotopic (exact) mass is 232 g/mol. The lowest BCUT2D eigenvalue weighted by atomic mass is 10.0. The van der Waals surface area contributed by atoms with Crippen molar-refractivity contribution >= 4 is 5.78 Å². The maximum absolute atomic E-state index is 11.2. The lowest BCUT2D eigenvalue weighted by Gasteiger charge is -2.17. The van der Waals surface area contributed by atoms with Gasteiger partial charge in [0.15, 0.2) is 5.78 Å². The van der Waals surface area contributed by atoms with Crippen LogP contribution in [0, 0.1) is 0 Å². The summed E-state index contributed by atoms with van der Waals surface area (Å²) in [6.07, 6.45) is 4.85. The molecule has 3 nitrogen and oxygen atoms in total. The molecule has 0 bridgehead atoms. The van der Waals surface area contributed by atoms with E-state index in [-0.39, 0.29) is 11.9 Å². The first kappa shape index (κ1) is 11.9. The summed E-state index contributed by atoms with van der Waals surface area (Å²) in [6.45, 7) is 0.537. The van der Waals surface area contributed by atoms with Crippen LogP contribution in [0.25, 0.3) is 0 Å². The molecule has 0 radical (unpaired) electrons. The second kappa shape index (κ2) is 5.64. The zero-order valence-electron chi connectivity index (χ0n) is 9.89. The largest absolute Gasteiger partial charge is 0.497 e. The van der Waals surface area contributed by atoms with Gasteiger partial charge in [0, 0.05) is 6.42 Å². The fourth-order valence-corrected chi connectivity index (χ4v) is 1.79. The van der Waals surface area contributed by atoms with Crippen molar-refractivity contribution < 1.29 is 14.3 Å². The van der Waals surface area contributed by atoms with E-state index in [2.05, 4.69) is 0 Å². The smallest absolute Gasteiger partial charge is 0.157 e. The zero-order valence-corrected chi connectivity index (χ0v) is 9.89. The molecule has 0 amide bonds. The number of ketones is 1. The Balaban J connectivity index is 1.85. The Kier molecular flexibility index (Phi) is 3.94. The second-order valence-electron chi connectivity index (χ2n) is 4.09. The van der Waals surface area contributed by atoms with Gasteiger partial charge in [-0.25, -0.2) is 0 Å². The Labute approximate surface area is 101 Å². The molecule has 0 N–H and O–H groups in total. The molecule has 0 saturated heterocycles. The SMILES string of the molecule is COc1ccc(COC2CC=CC(=O)C2)cc1. The highest BCUT2D eigenvalue weighted by atomic mass is 16.5. The molecular formula is C14H16O3. The molecule has 0 spiro atoms. The van der Waals surface area contributed by atoms with Gasteiger partial charge >= 0.3 is 0 Å². The van der Waals surface area contributed by atoms with Crippen LogP contribution in [0.2, 0.25) is 0 Å². The van der Waals surface area contributed by atoms with E-state index in [4.69, 9.17) is 9.47 Å². The summed E-state index contributed by atoms with van der Waals surface area (Å²) in [6, 6.07) is 7.76. The van der Waals surface area contributed by atoms with Gasteiger partial charge in [-0.2, -0.15) is 0 Å². The molecule has 3 heteroatoms. The van der Waals surface area contributed by atoms with Crippen molar-refractivity contribution in [2.45, 2.75) is 25.6 Å². The van der Waals surface area contributed by atoms with Crippen molar-refractivity contribution in [3.05, 3.63) is 42.0 Å². The van der Waals surface area contributed by atoms with Crippen LogP contribution >= 0.6 is 0 Å². The van der Waals surface area contributed by atoms with Crippen LogP contribution in [0.15, 0.2) is 36.4 Å². The number of rotatable bonds is 4. The summed E-state index contributed by atoms with van der Waals surface area (Å²) in [5, 5.41) is 0. The first-order valence-corrected chi connectivity index (χ1v) is 5.72. The van der Waals surface area contributed by atoms with Crippen LogP contribution in [-0.4, -0.2) is 19.0 Å². The first-order valence-electron chi connectivity index (χ1n) is 5.72. The van der Waals surface area contributed by atoms with Crippen molar-refractivity contribution in [3.63, 3.8) is 0 Å². The van der Waals surface area contributed by atoms with Crippen LogP contribution in [-0.2, 0) is 16.1 Å². The Bertz CT molecular complexity index is 406. The summed E-state index contributed by atoms with van der Waals surface area (Å²) in [4.78, 5) is 11.2. The Morgan fingerprint density at radius 1 is 1.29 bits per heavy atom. The third-order valence-electron chi connectivity index (χ3n) is 2.78. The van der Waals surface area contributed by atoms with E-state index in [1.807, 2.05) is 30.3 Å². The molecule has 0 saturated carbocycles. The van der Waals surface area contributed by atoms with Gasteiger partial charge in [0.05, 0.1) is 19.8 Å². The zero-order chi connectivity index (χ0) is 12.1. The van der Waals surface area contributed by atoms with E-state index in [1.54, 1.807) is 13.2 Å². The Hall–Kier alpha value is -1.61. The van der Waals surface area contributed by atoms with Crippen molar-refractivity contribution in [1.29, 1.82) is 0 Å². The summed E-state index contributed by atoms with van der Waals surface area (Å²) in [5.41, 5.74) is 1.09. The van der Waals surface area contributed by atoms with E-state index in [9.17, 15) is 4.79 Å². The molecule has 1 unspecified atom stereocenters. The van der Waals surface area contributed by atoms with Crippen LogP contribution in [0.5, 0.6) is 5.75 Å². The highest BCUT2D eigenvalue weighted by molar-refractivity contribution is 5.90. The highest BCUT2D eigenvalue weighted by Crippen LogP contribution is 2.16. The third-order valence-corrected chi connectivity index (χ3v) is 2.78. The quantitative estimate of drug-likeness (QED) is 0.800. The lowest BCUT2D eigenvalue weighted by molar-refractivity contribution is -0.118. The molecule has 1 aromatic rings. The van der Waals surface area contributed by atoms with Crippen LogP contribution < -0.4 is 4.74 Å². The molecule has 1 aliphatic rings. The van der Waals surface area contributed by atoms with Gasteiger partial charge < -0.3 is 9.47 Å². The number of carbonyl (C=O) groups is 1. The maximum atomic E-state index is 11.2. The predicted molar refractivity (Wildman–Crippen MR) is 65.0 cm³/mol. The van der Waals surface area contributed by atoms with Gasteiger partial charge in [0.2, 0.25) is 0 Å². The standard InChI is InChI=1S/C14H16O3/c1-16-13-7-5-11(6-8-13)10-17-14-4-2-3-12(15)9-14/h2-3,5-8,14H,4,9-10H2,1H3. The fraction of sp³-hybridized carbons (Fsp3) is 0.357. The summed E-state index contributed by atoms with van der Waals surface area (Å²) in [5.74, 6) is 0.987. The van der Waals surface area contributed by atoms with Gasteiger partial charge in [-0.05, 0) is 30.2 Å². The molecule has 1 aliphatic carbocycles. The van der Waals surface area contributed by atoms with Gasteiger partial charge in [-0.1, -0.05) is 18.2 Å². The van der Waals surface area contributed by atoms with E-state index in [0.717, 1.165) is 17.7 Å². The molecule has 0 aromatic heterocycles. The number of hydrogen-bond donors (Lipinski definition) is 0. The molecule has 17 heavy (non-hydrogen) atoms. The fourth-order valence-electron chi connectivity index (χ4n) is 1.79. The number of ether oxygens (including phenoxy) is 2. The number of hydrogen-bond acceptors (Lipinski definition) is 3. The number of methoxy groups -OCH3 is 1. The number of carbonyl (C=O) groups excluding carboxylic acids is 1. The highest BCUT2D eigenvalue weighted by Gasteiger charge is 2.15. The van der Waals surface area contributed by atoms with Gasteiger partial charge in [-0.15, -0.1) is 0 Å². The normalized spacial score (nSPS) is 19.4. The Morgan fingerprint density at radius 2 is 2.06 bits per heavy atom. The molecule has 2 rings (SSSR count). The Morgan fingerprint density at radius 3 is 2.71 bits per heavy atom. The molecule has 0 heterocycles. The molecular weight excluding hydrogens is 216 g/mol. The van der Waals surface area contributed by atoms with Crippen molar-refractivity contribution in [2.75, 3.05) is 7.11 Å². The maximum Gasteiger partial charge on any atom is 0.157 e. The van der Waals surface area contributed by atoms with Crippen molar-refractivity contribution in [1.82, 2.24) is 0 Å². The molecule has 90 valence electrons. The molecule has 1 aromatic carbocycles.